The number of fused-ring (bicyclic) bond motifs is 5. The van der Waals surface area contributed by atoms with Crippen LogP contribution in [0.3, 0.4) is 0 Å². The molecule has 14 atom stereocenters. The average Bonchev–Trinajstić information content (AvgIpc) is 3.67. The number of aliphatic hydroxyl groups is 3. The standard InChI is InChI=1S/C60H106O7/c1-8-10-11-12-13-14-15-16-17-18-19-20-21-22-23-24-25-26-27-28-29-30-31-54(61)65-43-53-55(62)56(63)57(64)58(67-53)66-48-38-40-59(6)47(42-48)34-35-49-51-37-36-50(60(51,7)41-39-52(49)59)45(5)32-33-46(9-2)44(3)4/h32-34,44-46,48-53,55-58,62-64H,8-31,35-43H2,1-7H3/b33-32+. The van der Waals surface area contributed by atoms with Crippen LogP contribution in [0, 0.1) is 52.3 Å². The molecule has 14 unspecified atom stereocenters. The molecule has 5 rings (SSSR count). The van der Waals surface area contributed by atoms with E-state index in [1.165, 1.54) is 160 Å². The molecule has 0 bridgehead atoms. The molecule has 0 aromatic carbocycles. The normalized spacial score (nSPS) is 33.9. The van der Waals surface area contributed by atoms with E-state index in [9.17, 15) is 20.1 Å². The number of allylic oxidation sites excluding steroid dienone is 3. The van der Waals surface area contributed by atoms with Crippen LogP contribution in [-0.2, 0) is 19.0 Å². The van der Waals surface area contributed by atoms with E-state index < -0.39 is 30.7 Å². The van der Waals surface area contributed by atoms with Crippen molar-refractivity contribution in [3.63, 3.8) is 0 Å². The van der Waals surface area contributed by atoms with Gasteiger partial charge in [0.2, 0.25) is 0 Å². The summed E-state index contributed by atoms with van der Waals surface area (Å²) in [5.41, 5.74) is 2.05. The molecular formula is C60H106O7. The first kappa shape index (κ1) is 56.7. The molecule has 388 valence electrons. The van der Waals surface area contributed by atoms with E-state index in [4.69, 9.17) is 14.2 Å². The molecule has 0 amide bonds. The Morgan fingerprint density at radius 3 is 1.82 bits per heavy atom. The van der Waals surface area contributed by atoms with Crippen molar-refractivity contribution < 1.29 is 34.3 Å². The fourth-order valence-corrected chi connectivity index (χ4v) is 14.4. The lowest BCUT2D eigenvalue weighted by molar-refractivity contribution is -0.313. The van der Waals surface area contributed by atoms with Crippen molar-refractivity contribution >= 4 is 5.97 Å². The molecule has 3 saturated carbocycles. The van der Waals surface area contributed by atoms with Crippen molar-refractivity contribution in [1.29, 1.82) is 0 Å². The second-order valence-electron chi connectivity index (χ2n) is 23.9. The summed E-state index contributed by atoms with van der Waals surface area (Å²) in [5, 5.41) is 32.7. The first-order valence-corrected chi connectivity index (χ1v) is 29.2. The van der Waals surface area contributed by atoms with Crippen molar-refractivity contribution in [3.05, 3.63) is 23.8 Å². The van der Waals surface area contributed by atoms with Gasteiger partial charge in [0.15, 0.2) is 6.29 Å². The molecular weight excluding hydrogens is 833 g/mol. The largest absolute Gasteiger partial charge is 0.463 e. The monoisotopic (exact) mass is 939 g/mol. The van der Waals surface area contributed by atoms with Gasteiger partial charge in [0.05, 0.1) is 6.10 Å². The van der Waals surface area contributed by atoms with Crippen LogP contribution >= 0.6 is 0 Å². The molecule has 7 heteroatoms. The number of unbranched alkanes of at least 4 members (excludes halogenated alkanes) is 21. The molecule has 4 fully saturated rings. The average molecular weight is 940 g/mol. The minimum absolute atomic E-state index is 0.148. The number of hydrogen-bond acceptors (Lipinski definition) is 7. The molecule has 0 aromatic rings. The van der Waals surface area contributed by atoms with Crippen LogP contribution in [0.1, 0.15) is 254 Å². The topological polar surface area (TPSA) is 105 Å². The van der Waals surface area contributed by atoms with Crippen LogP contribution in [0.15, 0.2) is 23.8 Å². The maximum absolute atomic E-state index is 12.7. The van der Waals surface area contributed by atoms with Crippen LogP contribution in [0.2, 0.25) is 0 Å². The molecule has 0 spiro atoms. The van der Waals surface area contributed by atoms with Crippen LogP contribution in [0.4, 0.5) is 0 Å². The van der Waals surface area contributed by atoms with E-state index in [0.717, 1.165) is 62.7 Å². The molecule has 5 aliphatic rings. The lowest BCUT2D eigenvalue weighted by Crippen LogP contribution is -2.60. The highest BCUT2D eigenvalue weighted by atomic mass is 16.7. The number of aliphatic hydroxyl groups excluding tert-OH is 3. The summed E-state index contributed by atoms with van der Waals surface area (Å²) in [6.07, 6.45) is 41.2. The first-order chi connectivity index (χ1) is 32.3. The second-order valence-corrected chi connectivity index (χ2v) is 23.9. The van der Waals surface area contributed by atoms with Crippen molar-refractivity contribution in [2.45, 2.75) is 291 Å². The van der Waals surface area contributed by atoms with Gasteiger partial charge in [0, 0.05) is 6.42 Å². The molecule has 0 aromatic heterocycles. The smallest absolute Gasteiger partial charge is 0.305 e. The van der Waals surface area contributed by atoms with Gasteiger partial charge in [0.1, 0.15) is 31.0 Å². The van der Waals surface area contributed by atoms with E-state index in [1.807, 2.05) is 0 Å². The molecule has 67 heavy (non-hydrogen) atoms. The Balaban J connectivity index is 0.929. The highest BCUT2D eigenvalue weighted by Crippen LogP contribution is 2.67. The van der Waals surface area contributed by atoms with E-state index in [0.29, 0.717) is 35.5 Å². The Kier molecular flexibility index (Phi) is 24.8. The van der Waals surface area contributed by atoms with Crippen molar-refractivity contribution in [3.8, 4) is 0 Å². The van der Waals surface area contributed by atoms with Crippen LogP contribution in [-0.4, -0.2) is 64.7 Å². The van der Waals surface area contributed by atoms with Crippen molar-refractivity contribution in [2.24, 2.45) is 52.3 Å². The predicted octanol–water partition coefficient (Wildman–Crippen LogP) is 15.2. The summed E-state index contributed by atoms with van der Waals surface area (Å²) < 4.78 is 18.1. The molecule has 4 aliphatic carbocycles. The summed E-state index contributed by atoms with van der Waals surface area (Å²) >= 11 is 0. The molecule has 3 N–H and O–H groups in total. The Hall–Kier alpha value is -1.25. The Bertz CT molecular complexity index is 1440. The Morgan fingerprint density at radius 2 is 1.27 bits per heavy atom. The van der Waals surface area contributed by atoms with Gasteiger partial charge < -0.3 is 29.5 Å². The lowest BCUT2D eigenvalue weighted by atomic mass is 9.47. The third kappa shape index (κ3) is 16.4. The maximum Gasteiger partial charge on any atom is 0.305 e. The Labute approximate surface area is 412 Å². The number of esters is 1. The third-order valence-corrected chi connectivity index (χ3v) is 18.9. The highest BCUT2D eigenvalue weighted by molar-refractivity contribution is 5.69. The summed E-state index contributed by atoms with van der Waals surface area (Å²) in [6.45, 7) is 16.8. The van der Waals surface area contributed by atoms with Gasteiger partial charge in [-0.25, -0.2) is 0 Å². The van der Waals surface area contributed by atoms with Gasteiger partial charge in [0.25, 0.3) is 0 Å². The molecule has 7 nitrogen and oxygen atoms in total. The summed E-state index contributed by atoms with van der Waals surface area (Å²) in [6, 6.07) is 0. The van der Waals surface area contributed by atoms with Gasteiger partial charge in [-0.1, -0.05) is 207 Å². The van der Waals surface area contributed by atoms with E-state index in [-0.39, 0.29) is 24.1 Å². The van der Waals surface area contributed by atoms with Crippen LogP contribution in [0.25, 0.3) is 0 Å². The zero-order valence-corrected chi connectivity index (χ0v) is 44.5. The zero-order chi connectivity index (χ0) is 48.2. The van der Waals surface area contributed by atoms with Crippen molar-refractivity contribution in [1.82, 2.24) is 0 Å². The SMILES string of the molecule is CCCCCCCCCCCCCCCCCCCCCCCCC(=O)OCC1OC(OC2CCC3(C)C(=CCC4C3CCC3(C)C(C(C)/C=C/C(CC)C(C)C)CCC43)C2)C(O)C(O)C1O. The van der Waals surface area contributed by atoms with E-state index in [2.05, 4.69) is 66.7 Å². The van der Waals surface area contributed by atoms with Gasteiger partial charge in [-0.2, -0.15) is 0 Å². The molecule has 1 heterocycles. The summed E-state index contributed by atoms with van der Waals surface area (Å²) in [7, 11) is 0. The van der Waals surface area contributed by atoms with Gasteiger partial charge >= 0.3 is 5.97 Å². The second kappa shape index (κ2) is 29.3. The number of rotatable bonds is 32. The minimum atomic E-state index is -1.45. The lowest BCUT2D eigenvalue weighted by Gasteiger charge is -2.58. The van der Waals surface area contributed by atoms with E-state index >= 15 is 0 Å². The molecule has 0 radical (unpaired) electrons. The highest BCUT2D eigenvalue weighted by Gasteiger charge is 2.59. The van der Waals surface area contributed by atoms with Gasteiger partial charge in [-0.3, -0.25) is 4.79 Å². The maximum atomic E-state index is 12.7. The fourth-order valence-electron chi connectivity index (χ4n) is 14.4. The molecule has 1 aliphatic heterocycles. The number of hydrogen-bond donors (Lipinski definition) is 3. The van der Waals surface area contributed by atoms with Crippen LogP contribution < -0.4 is 0 Å². The van der Waals surface area contributed by atoms with E-state index in [1.54, 1.807) is 0 Å². The third-order valence-electron chi connectivity index (χ3n) is 18.9. The fraction of sp³-hybridized carbons (Fsp3) is 0.917. The minimum Gasteiger partial charge on any atom is -0.463 e. The van der Waals surface area contributed by atoms with Gasteiger partial charge in [-0.05, 0) is 116 Å². The number of carbonyl (C=O) groups excluding carboxylic acids is 1. The summed E-state index contributed by atoms with van der Waals surface area (Å²) in [4.78, 5) is 12.7. The quantitative estimate of drug-likeness (QED) is 0.0350. The number of carbonyl (C=O) groups is 1. The first-order valence-electron chi connectivity index (χ1n) is 29.2. The summed E-state index contributed by atoms with van der Waals surface area (Å²) in [5.74, 6) is 4.62. The molecule has 1 saturated heterocycles. The van der Waals surface area contributed by atoms with Crippen LogP contribution in [0.5, 0.6) is 0 Å². The zero-order valence-electron chi connectivity index (χ0n) is 44.5. The predicted molar refractivity (Wildman–Crippen MR) is 276 cm³/mol. The van der Waals surface area contributed by atoms with Gasteiger partial charge in [-0.15, -0.1) is 0 Å². The van der Waals surface area contributed by atoms with Crippen molar-refractivity contribution in [2.75, 3.05) is 6.61 Å². The number of ether oxygens (including phenoxy) is 3. The Morgan fingerprint density at radius 1 is 0.701 bits per heavy atom.